The first kappa shape index (κ1) is 15.5. The van der Waals surface area contributed by atoms with Crippen molar-refractivity contribution in [1.29, 1.82) is 0 Å². The van der Waals surface area contributed by atoms with Crippen molar-refractivity contribution in [3.05, 3.63) is 11.8 Å². The van der Waals surface area contributed by atoms with Gasteiger partial charge in [-0.3, -0.25) is 9.59 Å². The monoisotopic (exact) mass is 293 g/mol. The normalized spacial score (nSPS) is 15.4. The number of hydrogen-bond acceptors (Lipinski definition) is 4. The lowest BCUT2D eigenvalue weighted by atomic mass is 9.83. The molecule has 1 aromatic rings. The molecule has 116 valence electrons. The number of anilines is 1. The molecule has 0 saturated heterocycles. The Labute approximate surface area is 124 Å². The third-order valence-electron chi connectivity index (χ3n) is 3.73. The average molecular weight is 293 g/mol. The molecule has 1 fully saturated rings. The first-order valence-electron chi connectivity index (χ1n) is 7.32. The van der Waals surface area contributed by atoms with E-state index in [2.05, 4.69) is 10.5 Å². The van der Waals surface area contributed by atoms with Crippen molar-refractivity contribution >= 4 is 17.6 Å². The smallest absolute Gasteiger partial charge is 0.245 e. The van der Waals surface area contributed by atoms with Crippen molar-refractivity contribution in [2.24, 2.45) is 5.92 Å². The van der Waals surface area contributed by atoms with E-state index in [0.29, 0.717) is 11.6 Å². The van der Waals surface area contributed by atoms with E-state index in [0.717, 1.165) is 19.3 Å². The molecule has 1 heterocycles. The molecule has 0 unspecified atom stereocenters. The van der Waals surface area contributed by atoms with E-state index in [1.807, 2.05) is 20.8 Å². The Morgan fingerprint density at radius 1 is 1.43 bits per heavy atom. The summed E-state index contributed by atoms with van der Waals surface area (Å²) in [5.74, 6) is 0.892. The number of aryl methyl sites for hydroxylation is 1. The Balaban J connectivity index is 2.00. The second kappa shape index (κ2) is 5.87. The van der Waals surface area contributed by atoms with Gasteiger partial charge in [0.15, 0.2) is 5.82 Å². The topological polar surface area (TPSA) is 75.4 Å². The van der Waals surface area contributed by atoms with Crippen molar-refractivity contribution in [2.45, 2.75) is 52.5 Å². The fourth-order valence-corrected chi connectivity index (χ4v) is 2.27. The van der Waals surface area contributed by atoms with E-state index >= 15 is 0 Å². The number of carbonyl (C=O) groups is 2. The minimum absolute atomic E-state index is 0.0325. The molecular formula is C15H23N3O3. The summed E-state index contributed by atoms with van der Waals surface area (Å²) in [7, 11) is 0. The fraction of sp³-hybridized carbons (Fsp3) is 0.667. The summed E-state index contributed by atoms with van der Waals surface area (Å²) in [6, 6.07) is 1.65. The van der Waals surface area contributed by atoms with Crippen LogP contribution in [0.2, 0.25) is 0 Å². The molecular weight excluding hydrogens is 270 g/mol. The van der Waals surface area contributed by atoms with Crippen molar-refractivity contribution in [3.8, 4) is 0 Å². The van der Waals surface area contributed by atoms with Crippen LogP contribution in [-0.4, -0.2) is 34.0 Å². The van der Waals surface area contributed by atoms with Crippen molar-refractivity contribution in [3.63, 3.8) is 0 Å². The molecule has 1 aromatic heterocycles. The highest BCUT2D eigenvalue weighted by Crippen LogP contribution is 2.30. The highest BCUT2D eigenvalue weighted by molar-refractivity contribution is 5.94. The molecule has 1 aliphatic carbocycles. The lowest BCUT2D eigenvalue weighted by molar-refractivity contribution is -0.145. The second-order valence-electron chi connectivity index (χ2n) is 6.59. The Kier molecular flexibility index (Phi) is 4.34. The molecule has 1 saturated carbocycles. The van der Waals surface area contributed by atoms with Gasteiger partial charge in [0.05, 0.1) is 0 Å². The van der Waals surface area contributed by atoms with Crippen molar-refractivity contribution in [2.75, 3.05) is 11.9 Å². The molecule has 0 bridgehead atoms. The zero-order chi connectivity index (χ0) is 15.6. The standard InChI is InChI=1S/C15H23N3O3/c1-10-8-12(17-21-10)16-13(19)9-18(15(2,3)4)14(20)11-6-5-7-11/h8,11H,5-7,9H2,1-4H3,(H,16,17,19). The van der Waals surface area contributed by atoms with Gasteiger partial charge in [-0.1, -0.05) is 11.6 Å². The molecule has 0 spiro atoms. The second-order valence-corrected chi connectivity index (χ2v) is 6.59. The molecule has 21 heavy (non-hydrogen) atoms. The largest absolute Gasteiger partial charge is 0.360 e. The Morgan fingerprint density at radius 2 is 2.10 bits per heavy atom. The van der Waals surface area contributed by atoms with Crippen LogP contribution in [0.4, 0.5) is 5.82 Å². The molecule has 1 N–H and O–H groups in total. The van der Waals surface area contributed by atoms with Crippen LogP contribution < -0.4 is 5.32 Å². The number of hydrogen-bond donors (Lipinski definition) is 1. The van der Waals surface area contributed by atoms with E-state index in [4.69, 9.17) is 4.52 Å². The number of amides is 2. The Hall–Kier alpha value is -1.85. The average Bonchev–Trinajstić information content (AvgIpc) is 2.67. The summed E-state index contributed by atoms with van der Waals surface area (Å²) in [5, 5.41) is 6.38. The first-order chi connectivity index (χ1) is 9.77. The maximum atomic E-state index is 12.5. The summed E-state index contributed by atoms with van der Waals surface area (Å²) in [4.78, 5) is 26.3. The van der Waals surface area contributed by atoms with E-state index < -0.39 is 0 Å². The third-order valence-corrected chi connectivity index (χ3v) is 3.73. The predicted octanol–water partition coefficient (Wildman–Crippen LogP) is 2.35. The minimum Gasteiger partial charge on any atom is -0.360 e. The van der Waals surface area contributed by atoms with Gasteiger partial charge < -0.3 is 14.7 Å². The zero-order valence-electron chi connectivity index (χ0n) is 13.1. The van der Waals surface area contributed by atoms with Crippen LogP contribution in [0.25, 0.3) is 0 Å². The Morgan fingerprint density at radius 3 is 2.52 bits per heavy atom. The highest BCUT2D eigenvalue weighted by Gasteiger charge is 2.35. The van der Waals surface area contributed by atoms with Crippen LogP contribution in [0.3, 0.4) is 0 Å². The van der Waals surface area contributed by atoms with Gasteiger partial charge in [0.2, 0.25) is 11.8 Å². The van der Waals surface area contributed by atoms with Gasteiger partial charge in [0.25, 0.3) is 0 Å². The number of rotatable bonds is 4. The number of nitrogens with zero attached hydrogens (tertiary/aromatic N) is 2. The number of nitrogens with one attached hydrogen (secondary N) is 1. The van der Waals surface area contributed by atoms with Crippen LogP contribution in [0.15, 0.2) is 10.6 Å². The van der Waals surface area contributed by atoms with Gasteiger partial charge in [-0.25, -0.2) is 0 Å². The summed E-state index contributed by atoms with van der Waals surface area (Å²) in [6.07, 6.45) is 2.95. The summed E-state index contributed by atoms with van der Waals surface area (Å²) in [6.45, 7) is 7.61. The molecule has 6 nitrogen and oxygen atoms in total. The fourth-order valence-electron chi connectivity index (χ4n) is 2.27. The maximum absolute atomic E-state index is 12.5. The van der Waals surface area contributed by atoms with E-state index in [9.17, 15) is 9.59 Å². The summed E-state index contributed by atoms with van der Waals surface area (Å²) < 4.78 is 4.90. The lowest BCUT2D eigenvalue weighted by Gasteiger charge is -2.39. The molecule has 0 atom stereocenters. The molecule has 0 radical (unpaired) electrons. The van der Waals surface area contributed by atoms with Gasteiger partial charge in [-0.15, -0.1) is 0 Å². The molecule has 0 aromatic carbocycles. The molecule has 2 amide bonds. The zero-order valence-corrected chi connectivity index (χ0v) is 13.1. The minimum atomic E-state index is -0.385. The van der Waals surface area contributed by atoms with Gasteiger partial charge in [-0.05, 0) is 40.5 Å². The van der Waals surface area contributed by atoms with Crippen molar-refractivity contribution < 1.29 is 14.1 Å². The molecule has 0 aliphatic heterocycles. The maximum Gasteiger partial charge on any atom is 0.245 e. The molecule has 1 aliphatic rings. The SMILES string of the molecule is Cc1cc(NC(=O)CN(C(=O)C2CCC2)C(C)(C)C)no1. The predicted molar refractivity (Wildman–Crippen MR) is 78.7 cm³/mol. The lowest BCUT2D eigenvalue weighted by Crippen LogP contribution is -2.52. The molecule has 2 rings (SSSR count). The van der Waals surface area contributed by atoms with Crippen LogP contribution in [0.1, 0.15) is 45.8 Å². The van der Waals surface area contributed by atoms with E-state index in [-0.39, 0.29) is 29.8 Å². The molecule has 6 heteroatoms. The van der Waals surface area contributed by atoms with E-state index in [1.165, 1.54) is 0 Å². The first-order valence-corrected chi connectivity index (χ1v) is 7.32. The van der Waals surface area contributed by atoms with Gasteiger partial charge in [-0.2, -0.15) is 0 Å². The number of aromatic nitrogens is 1. The Bertz CT molecular complexity index is 527. The van der Waals surface area contributed by atoms with Crippen LogP contribution in [0.5, 0.6) is 0 Å². The summed E-state index contributed by atoms with van der Waals surface area (Å²) >= 11 is 0. The third kappa shape index (κ3) is 3.83. The van der Waals surface area contributed by atoms with Gasteiger partial charge in [0.1, 0.15) is 12.3 Å². The quantitative estimate of drug-likeness (QED) is 0.924. The highest BCUT2D eigenvalue weighted by atomic mass is 16.5. The van der Waals surface area contributed by atoms with Gasteiger partial charge in [0, 0.05) is 17.5 Å². The van der Waals surface area contributed by atoms with Crippen LogP contribution >= 0.6 is 0 Å². The van der Waals surface area contributed by atoms with Crippen molar-refractivity contribution in [1.82, 2.24) is 10.1 Å². The number of carbonyl (C=O) groups excluding carboxylic acids is 2. The van der Waals surface area contributed by atoms with Gasteiger partial charge >= 0.3 is 0 Å². The van der Waals surface area contributed by atoms with E-state index in [1.54, 1.807) is 17.9 Å². The summed E-state index contributed by atoms with van der Waals surface area (Å²) in [5.41, 5.74) is -0.385. The van der Waals surface area contributed by atoms with Crippen LogP contribution in [0, 0.1) is 12.8 Å². The van der Waals surface area contributed by atoms with Crippen LogP contribution in [-0.2, 0) is 9.59 Å².